The highest BCUT2D eigenvalue weighted by Crippen LogP contribution is 2.29. The minimum atomic E-state index is 0.239. The number of halogens is 2. The van der Waals surface area contributed by atoms with E-state index < -0.39 is 0 Å². The lowest BCUT2D eigenvalue weighted by Gasteiger charge is -2.29. The highest BCUT2D eigenvalue weighted by atomic mass is 35.5. The van der Waals surface area contributed by atoms with Crippen LogP contribution in [0.25, 0.3) is 0 Å². The first-order valence-corrected chi connectivity index (χ1v) is 7.17. The third-order valence-corrected chi connectivity index (χ3v) is 3.95. The quantitative estimate of drug-likeness (QED) is 0.694. The maximum absolute atomic E-state index is 6.06. The van der Waals surface area contributed by atoms with Crippen LogP contribution in [0.1, 0.15) is 24.1 Å². The first kappa shape index (κ1) is 14.2. The molecule has 2 aromatic rings. The fourth-order valence-electron chi connectivity index (χ4n) is 2.17. The Kier molecular flexibility index (Phi) is 4.73. The van der Waals surface area contributed by atoms with E-state index in [1.165, 1.54) is 5.56 Å². The van der Waals surface area contributed by atoms with Gasteiger partial charge in [-0.15, -0.1) is 11.6 Å². The Balaban J connectivity index is 2.30. The number of nitrogens with zero attached hydrogens (tertiary/aromatic N) is 1. The first-order valence-electron chi connectivity index (χ1n) is 6.25. The SMILES string of the molecule is CC(c1cccc(Cl)c1)N(C)c1ccccc1CCl. The summed E-state index contributed by atoms with van der Waals surface area (Å²) in [5.41, 5.74) is 3.49. The van der Waals surface area contributed by atoms with Crippen molar-refractivity contribution in [2.45, 2.75) is 18.8 Å². The van der Waals surface area contributed by atoms with Gasteiger partial charge in [-0.3, -0.25) is 0 Å². The average Bonchev–Trinajstić information content (AvgIpc) is 2.45. The Hall–Kier alpha value is -1.18. The van der Waals surface area contributed by atoms with E-state index in [0.717, 1.165) is 16.3 Å². The van der Waals surface area contributed by atoms with Crippen molar-refractivity contribution in [2.24, 2.45) is 0 Å². The third kappa shape index (κ3) is 3.23. The van der Waals surface area contributed by atoms with Crippen LogP contribution in [-0.4, -0.2) is 7.05 Å². The van der Waals surface area contributed by atoms with Crippen LogP contribution in [0.4, 0.5) is 5.69 Å². The molecular weight excluding hydrogens is 277 g/mol. The zero-order valence-corrected chi connectivity index (χ0v) is 12.6. The molecule has 2 rings (SSSR count). The zero-order chi connectivity index (χ0) is 13.8. The first-order chi connectivity index (χ1) is 9.13. The Labute approximate surface area is 124 Å². The van der Waals surface area contributed by atoms with Gasteiger partial charge in [0, 0.05) is 23.6 Å². The largest absolute Gasteiger partial charge is 0.368 e. The smallest absolute Gasteiger partial charge is 0.0511 e. The molecule has 100 valence electrons. The number of hydrogen-bond donors (Lipinski definition) is 0. The molecule has 0 saturated carbocycles. The lowest BCUT2D eigenvalue weighted by molar-refractivity contribution is 0.737. The highest BCUT2D eigenvalue weighted by molar-refractivity contribution is 6.30. The molecule has 0 amide bonds. The van der Waals surface area contributed by atoms with E-state index in [4.69, 9.17) is 23.2 Å². The molecular formula is C16H17Cl2N. The van der Waals surface area contributed by atoms with Crippen LogP contribution in [-0.2, 0) is 5.88 Å². The van der Waals surface area contributed by atoms with Crippen molar-refractivity contribution in [2.75, 3.05) is 11.9 Å². The van der Waals surface area contributed by atoms with Gasteiger partial charge in [0.1, 0.15) is 0 Å². The molecule has 0 aromatic heterocycles. The molecule has 0 N–H and O–H groups in total. The summed E-state index contributed by atoms with van der Waals surface area (Å²) in [5, 5.41) is 0.767. The molecule has 0 saturated heterocycles. The van der Waals surface area contributed by atoms with E-state index in [1.54, 1.807) is 0 Å². The van der Waals surface area contributed by atoms with E-state index in [2.05, 4.69) is 37.1 Å². The topological polar surface area (TPSA) is 3.24 Å². The second-order valence-electron chi connectivity index (χ2n) is 4.60. The van der Waals surface area contributed by atoms with Gasteiger partial charge in [0.05, 0.1) is 6.04 Å². The van der Waals surface area contributed by atoms with Gasteiger partial charge in [-0.05, 0) is 36.2 Å². The lowest BCUT2D eigenvalue weighted by atomic mass is 10.1. The molecule has 1 unspecified atom stereocenters. The number of benzene rings is 2. The predicted molar refractivity (Wildman–Crippen MR) is 84.3 cm³/mol. The summed E-state index contributed by atoms with van der Waals surface area (Å²) in [5.74, 6) is 0.517. The van der Waals surface area contributed by atoms with Crippen LogP contribution < -0.4 is 4.90 Å². The van der Waals surface area contributed by atoms with E-state index in [-0.39, 0.29) is 6.04 Å². The lowest BCUT2D eigenvalue weighted by Crippen LogP contribution is -2.22. The van der Waals surface area contributed by atoms with E-state index in [0.29, 0.717) is 5.88 Å². The molecule has 3 heteroatoms. The van der Waals surface area contributed by atoms with Crippen LogP contribution in [0, 0.1) is 0 Å². The van der Waals surface area contributed by atoms with E-state index >= 15 is 0 Å². The molecule has 1 nitrogen and oxygen atoms in total. The molecule has 0 fully saturated rings. The number of alkyl halides is 1. The molecule has 0 aliphatic carbocycles. The van der Waals surface area contributed by atoms with Crippen molar-refractivity contribution in [3.05, 3.63) is 64.7 Å². The summed E-state index contributed by atoms with van der Waals surface area (Å²) < 4.78 is 0. The Morgan fingerprint density at radius 3 is 2.53 bits per heavy atom. The summed E-state index contributed by atoms with van der Waals surface area (Å²) in [6.45, 7) is 2.16. The van der Waals surface area contributed by atoms with Crippen molar-refractivity contribution in [1.82, 2.24) is 0 Å². The molecule has 2 aromatic carbocycles. The van der Waals surface area contributed by atoms with Crippen molar-refractivity contribution in [3.63, 3.8) is 0 Å². The number of hydrogen-bond acceptors (Lipinski definition) is 1. The van der Waals surface area contributed by atoms with E-state index in [1.807, 2.05) is 30.3 Å². The Morgan fingerprint density at radius 2 is 1.84 bits per heavy atom. The van der Waals surface area contributed by atoms with Gasteiger partial charge in [-0.1, -0.05) is 41.9 Å². The summed E-state index contributed by atoms with van der Waals surface area (Å²) in [7, 11) is 2.08. The van der Waals surface area contributed by atoms with Crippen molar-refractivity contribution >= 4 is 28.9 Å². The normalized spacial score (nSPS) is 12.2. The van der Waals surface area contributed by atoms with E-state index in [9.17, 15) is 0 Å². The molecule has 0 aliphatic heterocycles. The van der Waals surface area contributed by atoms with Gasteiger partial charge in [0.2, 0.25) is 0 Å². The maximum atomic E-state index is 6.06. The minimum Gasteiger partial charge on any atom is -0.368 e. The van der Waals surface area contributed by atoms with Gasteiger partial charge in [0.15, 0.2) is 0 Å². The number of anilines is 1. The summed E-state index contributed by atoms with van der Waals surface area (Å²) in [6.07, 6.45) is 0. The van der Waals surface area contributed by atoms with Crippen LogP contribution in [0.3, 0.4) is 0 Å². The standard InChI is InChI=1S/C16H17Cl2N/c1-12(13-7-5-8-15(18)10-13)19(2)16-9-4-3-6-14(16)11-17/h3-10,12H,11H2,1-2H3. The average molecular weight is 294 g/mol. The Bertz CT molecular complexity index is 554. The monoisotopic (exact) mass is 293 g/mol. The van der Waals surface area contributed by atoms with Crippen LogP contribution >= 0.6 is 23.2 Å². The molecule has 1 atom stereocenters. The molecule has 0 spiro atoms. The van der Waals surface area contributed by atoms with Gasteiger partial charge in [-0.25, -0.2) is 0 Å². The summed E-state index contributed by atoms with van der Waals surface area (Å²) in [4.78, 5) is 2.23. The fraction of sp³-hybridized carbons (Fsp3) is 0.250. The maximum Gasteiger partial charge on any atom is 0.0511 e. The van der Waals surface area contributed by atoms with Crippen molar-refractivity contribution < 1.29 is 0 Å². The van der Waals surface area contributed by atoms with Crippen molar-refractivity contribution in [1.29, 1.82) is 0 Å². The Morgan fingerprint density at radius 1 is 1.11 bits per heavy atom. The van der Waals surface area contributed by atoms with Gasteiger partial charge in [-0.2, -0.15) is 0 Å². The summed E-state index contributed by atoms with van der Waals surface area (Å²) in [6, 6.07) is 16.4. The number of rotatable bonds is 4. The van der Waals surface area contributed by atoms with Crippen LogP contribution in [0.5, 0.6) is 0 Å². The summed E-state index contributed by atoms with van der Waals surface area (Å²) >= 11 is 12.1. The van der Waals surface area contributed by atoms with Gasteiger partial charge in [0.25, 0.3) is 0 Å². The molecule has 0 radical (unpaired) electrons. The second kappa shape index (κ2) is 6.31. The molecule has 0 aliphatic rings. The van der Waals surface area contributed by atoms with Crippen LogP contribution in [0.2, 0.25) is 5.02 Å². The molecule has 0 heterocycles. The predicted octanol–water partition coefficient (Wildman–Crippen LogP) is 5.28. The van der Waals surface area contributed by atoms with Crippen molar-refractivity contribution in [3.8, 4) is 0 Å². The second-order valence-corrected chi connectivity index (χ2v) is 5.31. The zero-order valence-electron chi connectivity index (χ0n) is 11.1. The molecule has 0 bridgehead atoms. The third-order valence-electron chi connectivity index (χ3n) is 3.43. The van der Waals surface area contributed by atoms with Gasteiger partial charge < -0.3 is 4.90 Å². The van der Waals surface area contributed by atoms with Crippen LogP contribution in [0.15, 0.2) is 48.5 Å². The highest BCUT2D eigenvalue weighted by Gasteiger charge is 2.14. The fourth-order valence-corrected chi connectivity index (χ4v) is 2.59. The molecule has 19 heavy (non-hydrogen) atoms. The minimum absolute atomic E-state index is 0.239. The number of para-hydroxylation sites is 1. The van der Waals surface area contributed by atoms with Gasteiger partial charge >= 0.3 is 0 Å².